The topological polar surface area (TPSA) is 84.0 Å². The molecule has 1 aliphatic carbocycles. The summed E-state index contributed by atoms with van der Waals surface area (Å²) in [5.74, 6) is 1.41. The predicted octanol–water partition coefficient (Wildman–Crippen LogP) is 6.67. The van der Waals surface area contributed by atoms with Gasteiger partial charge in [-0.25, -0.2) is 0 Å². The highest BCUT2D eigenvalue weighted by atomic mass is 35.5. The maximum atomic E-state index is 13.0. The standard InChI is InChI=1S/C36H41ClN2O5/c1-24-2-8-30(9-3-24)44-35(41)21-25-4-12-31-33-22-27(37)7-13-34(33)38-36(31)32(20-25)26-5-10-29(11-6-26)43-17-14-28(40)23-39-15-18-42-19-16-39/h2-3,5-11,13,22,25,28,32,38,40H,4,12,14-21,23H2,1H3/t25?,28?,32-/m0/s1. The van der Waals surface area contributed by atoms with Gasteiger partial charge in [0.1, 0.15) is 11.5 Å². The third-order valence-corrected chi connectivity index (χ3v) is 9.14. The average Bonchev–Trinajstić information content (AvgIpc) is 3.27. The van der Waals surface area contributed by atoms with E-state index >= 15 is 0 Å². The predicted molar refractivity (Wildman–Crippen MR) is 173 cm³/mol. The summed E-state index contributed by atoms with van der Waals surface area (Å²) in [5, 5.41) is 12.3. The Labute approximate surface area is 264 Å². The fourth-order valence-electron chi connectivity index (χ4n) is 6.51. The van der Waals surface area contributed by atoms with E-state index in [2.05, 4.69) is 22.0 Å². The van der Waals surface area contributed by atoms with Gasteiger partial charge in [-0.1, -0.05) is 41.4 Å². The molecule has 44 heavy (non-hydrogen) atoms. The van der Waals surface area contributed by atoms with Gasteiger partial charge in [0, 0.05) is 60.0 Å². The van der Waals surface area contributed by atoms with Gasteiger partial charge in [-0.2, -0.15) is 0 Å². The van der Waals surface area contributed by atoms with E-state index in [0.29, 0.717) is 31.7 Å². The molecule has 2 aliphatic rings. The molecule has 0 amide bonds. The minimum Gasteiger partial charge on any atom is -0.493 e. The molecule has 8 heteroatoms. The van der Waals surface area contributed by atoms with Gasteiger partial charge in [0.2, 0.25) is 0 Å². The zero-order chi connectivity index (χ0) is 30.5. The summed E-state index contributed by atoms with van der Waals surface area (Å²) in [4.78, 5) is 18.9. The van der Waals surface area contributed by atoms with Crippen molar-refractivity contribution >= 4 is 28.5 Å². The molecule has 7 nitrogen and oxygen atoms in total. The van der Waals surface area contributed by atoms with Crippen molar-refractivity contribution in [3.8, 4) is 11.5 Å². The van der Waals surface area contributed by atoms with Gasteiger partial charge in [0.05, 0.1) is 25.9 Å². The van der Waals surface area contributed by atoms with E-state index in [1.54, 1.807) is 0 Å². The Kier molecular flexibility index (Phi) is 9.87. The third kappa shape index (κ3) is 7.64. The van der Waals surface area contributed by atoms with Crippen molar-refractivity contribution in [3.63, 3.8) is 0 Å². The first-order chi connectivity index (χ1) is 21.4. The number of halogens is 1. The first kappa shape index (κ1) is 30.7. The normalized spacial score (nSPS) is 19.7. The number of β-amino-alcohol motifs (C(OH)–C–C–N with tert-alkyl or cyclic N) is 1. The molecule has 0 bridgehead atoms. The van der Waals surface area contributed by atoms with Crippen LogP contribution in [0.1, 0.15) is 54.0 Å². The van der Waals surface area contributed by atoms with Crippen LogP contribution >= 0.6 is 11.6 Å². The summed E-state index contributed by atoms with van der Waals surface area (Å²) in [6.45, 7) is 6.28. The van der Waals surface area contributed by atoms with E-state index in [-0.39, 0.29) is 17.8 Å². The Balaban J connectivity index is 1.15. The number of ether oxygens (including phenoxy) is 3. The van der Waals surface area contributed by atoms with E-state index in [9.17, 15) is 9.90 Å². The van der Waals surface area contributed by atoms with Crippen molar-refractivity contribution in [3.05, 3.63) is 94.1 Å². The van der Waals surface area contributed by atoms with Crippen molar-refractivity contribution in [1.29, 1.82) is 0 Å². The van der Waals surface area contributed by atoms with Crippen LogP contribution in [-0.2, 0) is 16.0 Å². The summed E-state index contributed by atoms with van der Waals surface area (Å²) in [6.07, 6.45) is 3.08. The zero-order valence-electron chi connectivity index (χ0n) is 25.3. The number of fused-ring (bicyclic) bond motifs is 3. The van der Waals surface area contributed by atoms with Crippen LogP contribution in [0.3, 0.4) is 0 Å². The van der Waals surface area contributed by atoms with E-state index in [1.165, 1.54) is 16.8 Å². The second-order valence-corrected chi connectivity index (χ2v) is 12.6. The van der Waals surface area contributed by atoms with E-state index in [0.717, 1.165) is 72.8 Å². The van der Waals surface area contributed by atoms with Crippen molar-refractivity contribution in [1.82, 2.24) is 9.88 Å². The molecule has 0 saturated carbocycles. The Morgan fingerprint density at radius 1 is 1.07 bits per heavy atom. The van der Waals surface area contributed by atoms with Gasteiger partial charge in [0.25, 0.3) is 0 Å². The maximum absolute atomic E-state index is 13.0. The van der Waals surface area contributed by atoms with Crippen LogP contribution in [0.25, 0.3) is 10.9 Å². The molecule has 3 aromatic carbocycles. The Hall–Kier alpha value is -3.36. The molecule has 2 N–H and O–H groups in total. The van der Waals surface area contributed by atoms with Crippen molar-refractivity contribution < 1.29 is 24.1 Å². The number of aromatic nitrogens is 1. The second-order valence-electron chi connectivity index (χ2n) is 12.2. The summed E-state index contributed by atoms with van der Waals surface area (Å²) in [5.41, 5.74) is 5.84. The Morgan fingerprint density at radius 3 is 2.59 bits per heavy atom. The number of nitrogens with one attached hydrogen (secondary N) is 1. The molecular weight excluding hydrogens is 576 g/mol. The fraction of sp³-hybridized carbons (Fsp3) is 0.417. The van der Waals surface area contributed by atoms with Gasteiger partial charge in [-0.15, -0.1) is 0 Å². The number of carbonyl (C=O) groups is 1. The molecule has 1 aliphatic heterocycles. The number of aryl methyl sites for hydroxylation is 2. The number of aliphatic hydroxyl groups is 1. The highest BCUT2D eigenvalue weighted by Crippen LogP contribution is 2.42. The molecule has 1 fully saturated rings. The number of carbonyl (C=O) groups excluding carboxylic acids is 1. The van der Waals surface area contributed by atoms with Crippen LogP contribution in [0.15, 0.2) is 66.7 Å². The number of morpholine rings is 1. The van der Waals surface area contributed by atoms with Crippen LogP contribution in [0, 0.1) is 12.8 Å². The molecule has 4 aromatic rings. The molecule has 2 heterocycles. The average molecular weight is 617 g/mol. The number of H-pyrrole nitrogens is 1. The van der Waals surface area contributed by atoms with E-state index in [1.807, 2.05) is 61.5 Å². The molecular formula is C36H41ClN2O5. The van der Waals surface area contributed by atoms with Gasteiger partial charge in [-0.05, 0) is 85.7 Å². The van der Waals surface area contributed by atoms with Gasteiger partial charge in [0.15, 0.2) is 0 Å². The fourth-order valence-corrected chi connectivity index (χ4v) is 6.68. The lowest BCUT2D eigenvalue weighted by Gasteiger charge is -2.28. The summed E-state index contributed by atoms with van der Waals surface area (Å²) >= 11 is 6.41. The number of aliphatic hydroxyl groups excluding tert-OH is 1. The van der Waals surface area contributed by atoms with Crippen molar-refractivity contribution in [2.24, 2.45) is 5.92 Å². The highest BCUT2D eigenvalue weighted by Gasteiger charge is 2.30. The minimum atomic E-state index is -0.429. The van der Waals surface area contributed by atoms with Crippen LogP contribution in [-0.4, -0.2) is 66.5 Å². The summed E-state index contributed by atoms with van der Waals surface area (Å²) < 4.78 is 17.1. The van der Waals surface area contributed by atoms with Crippen molar-refractivity contribution in [2.45, 2.75) is 51.0 Å². The maximum Gasteiger partial charge on any atom is 0.311 e. The van der Waals surface area contributed by atoms with Crippen molar-refractivity contribution in [2.75, 3.05) is 39.5 Å². The molecule has 1 aromatic heterocycles. The lowest BCUT2D eigenvalue weighted by atomic mass is 9.85. The Bertz CT molecular complexity index is 1550. The number of hydrogen-bond acceptors (Lipinski definition) is 6. The van der Waals surface area contributed by atoms with Gasteiger partial charge in [-0.3, -0.25) is 9.69 Å². The van der Waals surface area contributed by atoms with E-state index in [4.69, 9.17) is 25.8 Å². The SMILES string of the molecule is Cc1ccc(OC(=O)CC2CCc3c([nH]c4ccc(Cl)cc34)[C@H](c3ccc(OCCC(O)CN4CCOCC4)cc3)C2)cc1. The quantitative estimate of drug-likeness (QED) is 0.118. The first-order valence-electron chi connectivity index (χ1n) is 15.7. The van der Waals surface area contributed by atoms with E-state index < -0.39 is 6.10 Å². The lowest BCUT2D eigenvalue weighted by Crippen LogP contribution is -2.41. The van der Waals surface area contributed by atoms with Crippen LogP contribution < -0.4 is 9.47 Å². The molecule has 0 spiro atoms. The van der Waals surface area contributed by atoms with Gasteiger partial charge < -0.3 is 24.3 Å². The molecule has 232 valence electrons. The minimum absolute atomic E-state index is 0.0836. The third-order valence-electron chi connectivity index (χ3n) is 8.90. The Morgan fingerprint density at radius 2 is 1.82 bits per heavy atom. The van der Waals surface area contributed by atoms with Gasteiger partial charge >= 0.3 is 5.97 Å². The molecule has 6 rings (SSSR count). The molecule has 1 saturated heterocycles. The smallest absolute Gasteiger partial charge is 0.311 e. The highest BCUT2D eigenvalue weighted by molar-refractivity contribution is 6.31. The number of nitrogens with zero attached hydrogens (tertiary/aromatic N) is 1. The second kappa shape index (κ2) is 14.2. The molecule has 2 unspecified atom stereocenters. The summed E-state index contributed by atoms with van der Waals surface area (Å²) in [6, 6.07) is 21.9. The number of hydrogen-bond donors (Lipinski definition) is 2. The monoisotopic (exact) mass is 616 g/mol. The number of benzene rings is 3. The molecule has 0 radical (unpaired) electrons. The van der Waals surface area contributed by atoms with Crippen LogP contribution in [0.5, 0.6) is 11.5 Å². The number of esters is 1. The lowest BCUT2D eigenvalue weighted by molar-refractivity contribution is -0.135. The van der Waals surface area contributed by atoms with Crippen LogP contribution in [0.2, 0.25) is 5.02 Å². The molecule has 3 atom stereocenters. The number of aromatic amines is 1. The first-order valence-corrected chi connectivity index (χ1v) is 16.1. The zero-order valence-corrected chi connectivity index (χ0v) is 26.0. The largest absolute Gasteiger partial charge is 0.493 e. The summed E-state index contributed by atoms with van der Waals surface area (Å²) in [7, 11) is 0. The number of rotatable bonds is 10. The van der Waals surface area contributed by atoms with Crippen LogP contribution in [0.4, 0.5) is 0 Å².